The maximum Gasteiger partial charge on any atom is 0.245 e. The van der Waals surface area contributed by atoms with Gasteiger partial charge in [0.25, 0.3) is 0 Å². The van der Waals surface area contributed by atoms with Gasteiger partial charge in [-0.25, -0.2) is 4.68 Å². The maximum absolute atomic E-state index is 12.5. The van der Waals surface area contributed by atoms with Gasteiger partial charge in [0, 0.05) is 6.07 Å². The number of hydrogen-bond acceptors (Lipinski definition) is 4. The summed E-state index contributed by atoms with van der Waals surface area (Å²) in [5.41, 5.74) is 0.750. The molecule has 1 saturated heterocycles. The fraction of sp³-hybridized carbons (Fsp3) is 0.300. The second-order valence-corrected chi connectivity index (χ2v) is 7.84. The molecule has 1 N–H and O–H groups in total. The molecule has 29 heavy (non-hydrogen) atoms. The predicted molar refractivity (Wildman–Crippen MR) is 108 cm³/mol. The van der Waals surface area contributed by atoms with Crippen molar-refractivity contribution in [3.8, 4) is 0 Å². The average molecular weight is 433 g/mol. The Bertz CT molecular complexity index is 991. The molecule has 1 aromatic carbocycles. The zero-order chi connectivity index (χ0) is 20.5. The van der Waals surface area contributed by atoms with Crippen molar-refractivity contribution in [2.75, 3.05) is 11.9 Å². The molecular weight excluding hydrogens is 415 g/mol. The van der Waals surface area contributed by atoms with E-state index in [4.69, 9.17) is 23.2 Å². The highest BCUT2D eigenvalue weighted by molar-refractivity contribution is 6.42. The topological polar surface area (TPSA) is 84.3 Å². The van der Waals surface area contributed by atoms with Crippen LogP contribution in [0.25, 0.3) is 0 Å². The Labute approximate surface area is 177 Å². The number of likely N-dealkylation sites (tertiary alicyclic amines) is 1. The van der Waals surface area contributed by atoms with E-state index in [9.17, 15) is 14.4 Å². The monoisotopic (exact) mass is 432 g/mol. The van der Waals surface area contributed by atoms with Crippen LogP contribution in [-0.4, -0.2) is 38.9 Å². The molecule has 0 radical (unpaired) electrons. The van der Waals surface area contributed by atoms with E-state index in [1.54, 1.807) is 29.1 Å². The predicted octanol–water partition coefficient (Wildman–Crippen LogP) is 3.13. The van der Waals surface area contributed by atoms with E-state index < -0.39 is 5.91 Å². The number of nitrogens with one attached hydrogen (secondary N) is 1. The number of allylic oxidation sites excluding steroid dienone is 2. The lowest BCUT2D eigenvalue weighted by atomic mass is 9.85. The first kappa shape index (κ1) is 19.7. The summed E-state index contributed by atoms with van der Waals surface area (Å²) in [6, 6.07) is 6.92. The van der Waals surface area contributed by atoms with Crippen LogP contribution >= 0.6 is 23.2 Å². The van der Waals surface area contributed by atoms with Crippen molar-refractivity contribution in [1.29, 1.82) is 0 Å². The Hall–Kier alpha value is -2.64. The number of anilines is 1. The quantitative estimate of drug-likeness (QED) is 0.580. The highest BCUT2D eigenvalue weighted by Gasteiger charge is 2.47. The van der Waals surface area contributed by atoms with Gasteiger partial charge in [-0.3, -0.25) is 19.3 Å². The van der Waals surface area contributed by atoms with Gasteiger partial charge in [-0.05, 0) is 24.5 Å². The van der Waals surface area contributed by atoms with Crippen molar-refractivity contribution >= 4 is 46.7 Å². The van der Waals surface area contributed by atoms with Crippen molar-refractivity contribution in [2.45, 2.75) is 19.4 Å². The molecule has 150 valence electrons. The summed E-state index contributed by atoms with van der Waals surface area (Å²) in [5, 5.41) is 7.78. The number of amides is 3. The Morgan fingerprint density at radius 2 is 1.79 bits per heavy atom. The first-order valence-corrected chi connectivity index (χ1v) is 9.96. The standard InChI is InChI=1S/C20H18Cl2N4O3/c21-15-7-3-4-12(18(15)22)10-26-16(8-9-23-26)24-17(27)11-25-19(28)13-5-1-2-6-14(13)20(25)29/h1-4,7-9,13-14H,5-6,10-11H2,(H,24,27)/t13-,14-/m0/s1. The van der Waals surface area contributed by atoms with E-state index in [0.29, 0.717) is 35.2 Å². The maximum atomic E-state index is 12.5. The fourth-order valence-corrected chi connectivity index (χ4v) is 4.13. The Morgan fingerprint density at radius 1 is 1.10 bits per heavy atom. The van der Waals surface area contributed by atoms with E-state index in [2.05, 4.69) is 10.4 Å². The first-order chi connectivity index (χ1) is 14.0. The fourth-order valence-electron chi connectivity index (χ4n) is 3.75. The number of rotatable bonds is 5. The van der Waals surface area contributed by atoms with Crippen molar-refractivity contribution in [3.63, 3.8) is 0 Å². The minimum absolute atomic E-state index is 0.279. The largest absolute Gasteiger partial charge is 0.309 e. The molecule has 2 heterocycles. The molecule has 0 unspecified atom stereocenters. The van der Waals surface area contributed by atoms with E-state index in [0.717, 1.165) is 10.5 Å². The molecule has 2 aliphatic rings. The summed E-state index contributed by atoms with van der Waals surface area (Å²) in [7, 11) is 0. The van der Waals surface area contributed by atoms with Crippen LogP contribution < -0.4 is 5.32 Å². The number of fused-ring (bicyclic) bond motifs is 1. The minimum atomic E-state index is -0.461. The van der Waals surface area contributed by atoms with Gasteiger partial charge in [0.2, 0.25) is 17.7 Å². The number of benzene rings is 1. The SMILES string of the molecule is O=C(CN1C(=O)[C@H]2CC=CC[C@@H]2C1=O)Nc1ccnn1Cc1cccc(Cl)c1Cl. The molecule has 9 heteroatoms. The van der Waals surface area contributed by atoms with Gasteiger partial charge in [-0.1, -0.05) is 47.5 Å². The zero-order valence-electron chi connectivity index (χ0n) is 15.3. The zero-order valence-corrected chi connectivity index (χ0v) is 16.9. The molecule has 2 aromatic rings. The van der Waals surface area contributed by atoms with Crippen molar-refractivity contribution in [1.82, 2.24) is 14.7 Å². The smallest absolute Gasteiger partial charge is 0.245 e. The molecule has 1 fully saturated rings. The van der Waals surface area contributed by atoms with Gasteiger partial charge in [-0.15, -0.1) is 0 Å². The lowest BCUT2D eigenvalue weighted by Crippen LogP contribution is -2.38. The molecule has 1 aliphatic carbocycles. The summed E-state index contributed by atoms with van der Waals surface area (Å²) in [6.45, 7) is -0.00678. The first-order valence-electron chi connectivity index (χ1n) is 9.20. The molecule has 7 nitrogen and oxygen atoms in total. The Kier molecular flexibility index (Phi) is 5.43. The van der Waals surface area contributed by atoms with Gasteiger partial charge >= 0.3 is 0 Å². The molecule has 3 amide bonds. The molecule has 1 aromatic heterocycles. The number of nitrogens with zero attached hydrogens (tertiary/aromatic N) is 3. The van der Waals surface area contributed by atoms with Crippen molar-refractivity contribution in [2.24, 2.45) is 11.8 Å². The van der Waals surface area contributed by atoms with Gasteiger partial charge in [0.15, 0.2) is 0 Å². The summed E-state index contributed by atoms with van der Waals surface area (Å²) in [6.07, 6.45) is 6.45. The molecule has 2 atom stereocenters. The van der Waals surface area contributed by atoms with Crippen LogP contribution in [0.3, 0.4) is 0 Å². The molecular formula is C20H18Cl2N4O3. The van der Waals surface area contributed by atoms with E-state index in [1.807, 2.05) is 18.2 Å². The third-order valence-corrected chi connectivity index (χ3v) is 6.09. The van der Waals surface area contributed by atoms with E-state index >= 15 is 0 Å². The summed E-state index contributed by atoms with van der Waals surface area (Å²) >= 11 is 12.3. The Balaban J connectivity index is 1.44. The van der Waals surface area contributed by atoms with E-state index in [-0.39, 0.29) is 30.2 Å². The van der Waals surface area contributed by atoms with Crippen LogP contribution in [0.2, 0.25) is 10.0 Å². The van der Waals surface area contributed by atoms with Crippen molar-refractivity contribution < 1.29 is 14.4 Å². The van der Waals surface area contributed by atoms with Crippen LogP contribution in [-0.2, 0) is 20.9 Å². The molecule has 1 aliphatic heterocycles. The molecule has 0 spiro atoms. The van der Waals surface area contributed by atoms with E-state index in [1.165, 1.54) is 0 Å². The second-order valence-electron chi connectivity index (χ2n) is 7.05. The number of halogens is 2. The number of aromatic nitrogens is 2. The number of carbonyl (C=O) groups is 3. The van der Waals surface area contributed by atoms with Gasteiger partial charge in [0.05, 0.1) is 34.6 Å². The summed E-state index contributed by atoms with van der Waals surface area (Å²) < 4.78 is 1.56. The van der Waals surface area contributed by atoms with Gasteiger partial charge in [-0.2, -0.15) is 5.10 Å². The molecule has 0 saturated carbocycles. The lowest BCUT2D eigenvalue weighted by Gasteiger charge is -2.15. The van der Waals surface area contributed by atoms with Crippen LogP contribution in [0.1, 0.15) is 18.4 Å². The summed E-state index contributed by atoms with van der Waals surface area (Å²) in [4.78, 5) is 38.6. The minimum Gasteiger partial charge on any atom is -0.309 e. The average Bonchev–Trinajstić information content (AvgIpc) is 3.24. The highest BCUT2D eigenvalue weighted by Crippen LogP contribution is 2.35. The Morgan fingerprint density at radius 3 is 2.48 bits per heavy atom. The second kappa shape index (κ2) is 8.00. The number of hydrogen-bond donors (Lipinski definition) is 1. The number of carbonyl (C=O) groups excluding carboxylic acids is 3. The summed E-state index contributed by atoms with van der Waals surface area (Å²) in [5.74, 6) is -1.29. The number of imide groups is 1. The normalized spacial score (nSPS) is 20.8. The molecule has 0 bridgehead atoms. The van der Waals surface area contributed by atoms with Crippen molar-refractivity contribution in [3.05, 3.63) is 58.2 Å². The van der Waals surface area contributed by atoms with Crippen LogP contribution in [0, 0.1) is 11.8 Å². The van der Waals surface area contributed by atoms with Crippen LogP contribution in [0.15, 0.2) is 42.6 Å². The van der Waals surface area contributed by atoms with Crippen LogP contribution in [0.4, 0.5) is 5.82 Å². The third-order valence-electron chi connectivity index (χ3n) is 5.24. The van der Waals surface area contributed by atoms with Crippen LogP contribution in [0.5, 0.6) is 0 Å². The lowest BCUT2D eigenvalue weighted by molar-refractivity contribution is -0.142. The van der Waals surface area contributed by atoms with Gasteiger partial charge in [0.1, 0.15) is 12.4 Å². The molecule has 4 rings (SSSR count). The highest BCUT2D eigenvalue weighted by atomic mass is 35.5. The van der Waals surface area contributed by atoms with Gasteiger partial charge < -0.3 is 5.32 Å². The third kappa shape index (κ3) is 3.80.